The number of aryl methyl sites for hydroxylation is 3. The van der Waals surface area contributed by atoms with Gasteiger partial charge in [0.2, 0.25) is 0 Å². The smallest absolute Gasteiger partial charge is 0.744 e. The van der Waals surface area contributed by atoms with E-state index in [1.54, 1.807) is 54.6 Å². The Morgan fingerprint density at radius 1 is 0.284 bits per heavy atom. The van der Waals surface area contributed by atoms with Crippen molar-refractivity contribution in [3.8, 4) is 0 Å². The average Bonchev–Trinajstić information content (AvgIpc) is 3.28. The largest absolute Gasteiger partial charge is 3.00 e. The summed E-state index contributed by atoms with van der Waals surface area (Å²) in [6.45, 7) is 6.70. The van der Waals surface area contributed by atoms with Gasteiger partial charge in [0.15, 0.2) is 0 Å². The Labute approximate surface area is 420 Å². The predicted molar refractivity (Wildman–Crippen MR) is 270 cm³/mol. The summed E-state index contributed by atoms with van der Waals surface area (Å²) in [5, 5.41) is 0. The van der Waals surface area contributed by atoms with Gasteiger partial charge in [0.05, 0.1) is 14.7 Å². The van der Waals surface area contributed by atoms with Gasteiger partial charge >= 0.3 is 17.4 Å². The van der Waals surface area contributed by atoms with Gasteiger partial charge in [-0.2, -0.15) is 0 Å². The Morgan fingerprint density at radius 2 is 0.448 bits per heavy atom. The second kappa shape index (κ2) is 40.6. The zero-order valence-corrected chi connectivity index (χ0v) is 45.3. The minimum Gasteiger partial charge on any atom is -0.744 e. The van der Waals surface area contributed by atoms with E-state index in [0.717, 1.165) is 38.5 Å². The maximum atomic E-state index is 11.2. The number of hydrogen-bond acceptors (Lipinski definition) is 9. The van der Waals surface area contributed by atoms with Crippen LogP contribution >= 0.6 is 0 Å². The standard InChI is InChI=1S/3C18H30O3S.Cr/c3*1-2-3-4-5-6-7-8-9-10-11-14-17-15-12-13-16-18(17)22(19,20)21;/h3*12-13,15-16H,2-11,14H2,1H3,(H,19,20,21);/q;;;+3/p-3. The monoisotopic (exact) mass is 1030 g/mol. The van der Waals surface area contributed by atoms with E-state index in [0.29, 0.717) is 36.0 Å². The van der Waals surface area contributed by atoms with Crippen molar-refractivity contribution in [2.45, 2.75) is 247 Å². The van der Waals surface area contributed by atoms with Crippen LogP contribution in [0, 0.1) is 0 Å². The zero-order valence-electron chi connectivity index (χ0n) is 41.6. The van der Waals surface area contributed by atoms with E-state index in [1.807, 2.05) is 0 Å². The molecule has 381 valence electrons. The summed E-state index contributed by atoms with van der Waals surface area (Å²) < 4.78 is 101. The first-order valence-electron chi connectivity index (χ1n) is 25.8. The summed E-state index contributed by atoms with van der Waals surface area (Å²) in [6.07, 6.45) is 39.5. The van der Waals surface area contributed by atoms with Gasteiger partial charge in [-0.05, 0) is 73.4 Å². The molecule has 3 aromatic rings. The molecule has 0 bridgehead atoms. The Bertz CT molecular complexity index is 1760. The molecular weight excluding hydrogens is 941 g/mol. The van der Waals surface area contributed by atoms with Gasteiger partial charge in [-0.25, -0.2) is 25.3 Å². The van der Waals surface area contributed by atoms with Crippen LogP contribution in [0.1, 0.15) is 230 Å². The Morgan fingerprint density at radius 3 is 0.627 bits per heavy atom. The van der Waals surface area contributed by atoms with Crippen LogP contribution in [0.4, 0.5) is 0 Å². The van der Waals surface area contributed by atoms with Gasteiger partial charge in [-0.3, -0.25) is 0 Å². The molecule has 0 aliphatic heterocycles. The Kier molecular flexibility index (Phi) is 39.4. The first-order chi connectivity index (χ1) is 31.7. The van der Waals surface area contributed by atoms with E-state index in [2.05, 4.69) is 20.8 Å². The van der Waals surface area contributed by atoms with Crippen LogP contribution in [0.15, 0.2) is 87.5 Å². The first-order valence-corrected chi connectivity index (χ1v) is 30.0. The van der Waals surface area contributed by atoms with Crippen LogP contribution in [0.25, 0.3) is 0 Å². The molecule has 0 atom stereocenters. The van der Waals surface area contributed by atoms with Gasteiger partial charge in [-0.15, -0.1) is 0 Å². The van der Waals surface area contributed by atoms with E-state index >= 15 is 0 Å². The first kappa shape index (κ1) is 64.9. The molecule has 67 heavy (non-hydrogen) atoms. The summed E-state index contributed by atoms with van der Waals surface area (Å²) >= 11 is 0. The molecule has 0 saturated heterocycles. The zero-order chi connectivity index (χ0) is 48.8. The van der Waals surface area contributed by atoms with Gasteiger partial charge in [-0.1, -0.05) is 249 Å². The topological polar surface area (TPSA) is 172 Å². The Balaban J connectivity index is 0.000000968. The molecule has 0 amide bonds. The summed E-state index contributed by atoms with van der Waals surface area (Å²) in [5.74, 6) is 0. The summed E-state index contributed by atoms with van der Waals surface area (Å²) in [7, 11) is -13.0. The second-order valence-corrected chi connectivity index (χ2v) is 22.0. The van der Waals surface area contributed by atoms with Crippen LogP contribution < -0.4 is 0 Å². The van der Waals surface area contributed by atoms with Crippen molar-refractivity contribution in [2.24, 2.45) is 0 Å². The molecule has 0 spiro atoms. The summed E-state index contributed by atoms with van der Waals surface area (Å²) in [5.41, 5.74) is 1.99. The fourth-order valence-electron chi connectivity index (χ4n) is 8.27. The van der Waals surface area contributed by atoms with Crippen molar-refractivity contribution >= 4 is 30.4 Å². The maximum Gasteiger partial charge on any atom is 3.00 e. The van der Waals surface area contributed by atoms with Crippen LogP contribution in [0.3, 0.4) is 0 Å². The third kappa shape index (κ3) is 34.0. The van der Waals surface area contributed by atoms with Gasteiger partial charge in [0.1, 0.15) is 30.4 Å². The van der Waals surface area contributed by atoms with E-state index in [1.165, 1.54) is 172 Å². The average molecular weight is 1030 g/mol. The van der Waals surface area contributed by atoms with E-state index in [4.69, 9.17) is 0 Å². The van der Waals surface area contributed by atoms with E-state index < -0.39 is 30.4 Å². The molecule has 0 fully saturated rings. The van der Waals surface area contributed by atoms with E-state index in [9.17, 15) is 38.9 Å². The second-order valence-electron chi connectivity index (χ2n) is 18.0. The van der Waals surface area contributed by atoms with Crippen LogP contribution in [-0.2, 0) is 67.0 Å². The van der Waals surface area contributed by atoms with Crippen LogP contribution in [0.2, 0.25) is 0 Å². The molecule has 0 heterocycles. The number of unbranched alkanes of at least 4 members (excludes halogenated alkanes) is 27. The number of rotatable bonds is 36. The molecule has 0 saturated carbocycles. The van der Waals surface area contributed by atoms with Crippen molar-refractivity contribution in [3.05, 3.63) is 89.5 Å². The maximum absolute atomic E-state index is 11.2. The van der Waals surface area contributed by atoms with Crippen LogP contribution in [0.5, 0.6) is 0 Å². The fourth-order valence-corrected chi connectivity index (χ4v) is 10.5. The predicted octanol–water partition coefficient (Wildman–Crippen LogP) is 15.2. The minimum atomic E-state index is -4.35. The molecule has 3 aromatic carbocycles. The molecule has 1 radical (unpaired) electrons. The molecule has 0 aliphatic rings. The molecule has 3 rings (SSSR count). The molecule has 0 aromatic heterocycles. The van der Waals surface area contributed by atoms with Gasteiger partial charge in [0, 0.05) is 0 Å². The number of hydrogen-bond donors (Lipinski definition) is 0. The van der Waals surface area contributed by atoms with Crippen molar-refractivity contribution in [1.29, 1.82) is 0 Å². The minimum absolute atomic E-state index is 0. The summed E-state index contributed by atoms with van der Waals surface area (Å²) in [6, 6.07) is 19.7. The van der Waals surface area contributed by atoms with Crippen molar-refractivity contribution in [1.82, 2.24) is 0 Å². The SMILES string of the molecule is CCCCCCCCCCCCc1ccccc1S(=O)(=O)[O-].CCCCCCCCCCCCc1ccccc1S(=O)(=O)[O-].CCCCCCCCCCCCc1ccccc1S(=O)(=O)[O-].[Cr+3]. The van der Waals surface area contributed by atoms with Crippen LogP contribution in [-0.4, -0.2) is 38.9 Å². The van der Waals surface area contributed by atoms with Crippen molar-refractivity contribution in [2.75, 3.05) is 0 Å². The number of benzene rings is 3. The Hall–Kier alpha value is -2.08. The molecule has 0 aliphatic carbocycles. The van der Waals surface area contributed by atoms with Crippen molar-refractivity contribution < 1.29 is 56.3 Å². The third-order valence-corrected chi connectivity index (χ3v) is 14.9. The van der Waals surface area contributed by atoms with Crippen molar-refractivity contribution in [3.63, 3.8) is 0 Å². The molecule has 9 nitrogen and oxygen atoms in total. The normalized spacial score (nSPS) is 11.6. The quantitative estimate of drug-likeness (QED) is 0.0406. The van der Waals surface area contributed by atoms with Gasteiger partial charge in [0.25, 0.3) is 0 Å². The molecular formula is C54H87CrO9S3. The molecule has 0 N–H and O–H groups in total. The third-order valence-electron chi connectivity index (χ3n) is 12.1. The summed E-state index contributed by atoms with van der Waals surface area (Å²) in [4.78, 5) is -0.150. The fraction of sp³-hybridized carbons (Fsp3) is 0.667. The van der Waals surface area contributed by atoms with E-state index in [-0.39, 0.29) is 32.0 Å². The molecule has 0 unspecified atom stereocenters. The molecule has 13 heteroatoms. The van der Waals surface area contributed by atoms with Gasteiger partial charge < -0.3 is 13.7 Å².